The van der Waals surface area contributed by atoms with E-state index < -0.39 is 21.9 Å². The Bertz CT molecular complexity index is 562. The monoisotopic (exact) mass is 286 g/mol. The highest BCUT2D eigenvalue weighted by Gasteiger charge is 2.22. The van der Waals surface area contributed by atoms with Crippen molar-refractivity contribution in [3.05, 3.63) is 23.8 Å². The average Bonchev–Trinajstić information content (AvgIpc) is 2.27. The number of rotatable bonds is 5. The highest BCUT2D eigenvalue weighted by Crippen LogP contribution is 2.28. The van der Waals surface area contributed by atoms with Crippen LogP contribution in [0.1, 0.15) is 19.4 Å². The maximum absolute atomic E-state index is 11.8. The maximum atomic E-state index is 11.8. The van der Waals surface area contributed by atoms with Crippen LogP contribution in [0.15, 0.2) is 23.1 Å². The van der Waals surface area contributed by atoms with Crippen molar-refractivity contribution in [3.63, 3.8) is 0 Å². The number of ether oxygens (including phenoxy) is 2. The summed E-state index contributed by atoms with van der Waals surface area (Å²) in [6, 6.07) is 4.88. The van der Waals surface area contributed by atoms with E-state index in [2.05, 4.69) is 0 Å². The molecule has 0 saturated heterocycles. The molecule has 1 atom stereocenters. The van der Waals surface area contributed by atoms with E-state index in [0.717, 1.165) is 6.26 Å². The highest BCUT2D eigenvalue weighted by molar-refractivity contribution is 7.90. The Balaban J connectivity index is 3.09. The summed E-state index contributed by atoms with van der Waals surface area (Å²) in [5.41, 5.74) is 0.580. The Morgan fingerprint density at radius 1 is 1.37 bits per heavy atom. The van der Waals surface area contributed by atoms with Crippen LogP contribution >= 0.6 is 0 Å². The molecule has 0 aliphatic rings. The van der Waals surface area contributed by atoms with E-state index in [1.54, 1.807) is 26.0 Å². The molecule has 19 heavy (non-hydrogen) atoms. The number of carbonyl (C=O) groups excluding carboxylic acids is 1. The van der Waals surface area contributed by atoms with Crippen molar-refractivity contribution in [2.75, 3.05) is 12.9 Å². The lowest BCUT2D eigenvalue weighted by atomic mass is 10.2. The summed E-state index contributed by atoms with van der Waals surface area (Å²) in [5, 5.41) is 0. The summed E-state index contributed by atoms with van der Waals surface area (Å²) in [7, 11) is -3.42. The molecule has 0 spiro atoms. The van der Waals surface area contributed by atoms with Gasteiger partial charge >= 0.3 is 5.97 Å². The van der Waals surface area contributed by atoms with Crippen LogP contribution in [0.4, 0.5) is 0 Å². The predicted octanol–water partition coefficient (Wildman–Crippen LogP) is 1.73. The molecular weight excluding hydrogens is 268 g/mol. The van der Waals surface area contributed by atoms with Gasteiger partial charge in [0.25, 0.3) is 0 Å². The van der Waals surface area contributed by atoms with E-state index in [4.69, 9.17) is 9.47 Å². The lowest BCUT2D eigenvalue weighted by molar-refractivity contribution is -0.150. The molecule has 5 nitrogen and oxygen atoms in total. The van der Waals surface area contributed by atoms with E-state index in [1.165, 1.54) is 13.0 Å². The molecule has 106 valence electrons. The molecule has 1 rings (SSSR count). The SMILES string of the molecule is CCOC(=O)C(C)Oc1cccc(C)c1S(C)(=O)=O. The zero-order valence-electron chi connectivity index (χ0n) is 11.5. The molecule has 0 aliphatic carbocycles. The molecular formula is C13H18O5S. The Hall–Kier alpha value is -1.56. The van der Waals surface area contributed by atoms with Crippen molar-refractivity contribution in [1.82, 2.24) is 0 Å². The standard InChI is InChI=1S/C13H18O5S/c1-5-17-13(14)10(3)18-11-8-6-7-9(2)12(11)19(4,15)16/h6-8,10H,5H2,1-4H3. The first-order chi connectivity index (χ1) is 8.77. The minimum atomic E-state index is -3.42. The molecule has 0 bridgehead atoms. The summed E-state index contributed by atoms with van der Waals surface area (Å²) in [5.74, 6) is -0.355. The van der Waals surface area contributed by atoms with Crippen LogP contribution in [0.5, 0.6) is 5.75 Å². The molecule has 0 amide bonds. The number of sulfone groups is 1. The number of hydrogen-bond acceptors (Lipinski definition) is 5. The van der Waals surface area contributed by atoms with E-state index in [0.29, 0.717) is 5.56 Å². The van der Waals surface area contributed by atoms with Crippen molar-refractivity contribution in [2.45, 2.75) is 31.8 Å². The van der Waals surface area contributed by atoms with Crippen LogP contribution in [-0.4, -0.2) is 33.4 Å². The lowest BCUT2D eigenvalue weighted by Crippen LogP contribution is -2.26. The number of carbonyl (C=O) groups is 1. The molecule has 0 radical (unpaired) electrons. The molecule has 1 unspecified atom stereocenters. The van der Waals surface area contributed by atoms with Gasteiger partial charge in [0.1, 0.15) is 10.6 Å². The zero-order chi connectivity index (χ0) is 14.6. The highest BCUT2D eigenvalue weighted by atomic mass is 32.2. The molecule has 6 heteroatoms. The number of benzene rings is 1. The van der Waals surface area contributed by atoms with Crippen LogP contribution in [0.2, 0.25) is 0 Å². The minimum Gasteiger partial charge on any atom is -0.478 e. The second-order valence-corrected chi connectivity index (χ2v) is 6.14. The van der Waals surface area contributed by atoms with Crippen molar-refractivity contribution in [3.8, 4) is 5.75 Å². The maximum Gasteiger partial charge on any atom is 0.347 e. The summed E-state index contributed by atoms with van der Waals surface area (Å²) < 4.78 is 33.7. The van der Waals surface area contributed by atoms with Gasteiger partial charge in [-0.3, -0.25) is 0 Å². The van der Waals surface area contributed by atoms with Gasteiger partial charge in [0.05, 0.1) is 6.61 Å². The summed E-state index contributed by atoms with van der Waals surface area (Å²) in [6.45, 7) is 5.14. The minimum absolute atomic E-state index is 0.103. The van der Waals surface area contributed by atoms with Gasteiger partial charge in [-0.25, -0.2) is 13.2 Å². The fourth-order valence-corrected chi connectivity index (χ4v) is 2.83. The number of esters is 1. The van der Waals surface area contributed by atoms with Crippen molar-refractivity contribution < 1.29 is 22.7 Å². The first-order valence-electron chi connectivity index (χ1n) is 5.90. The van der Waals surface area contributed by atoms with E-state index >= 15 is 0 Å². The fourth-order valence-electron chi connectivity index (χ4n) is 1.69. The third-order valence-corrected chi connectivity index (χ3v) is 3.73. The van der Waals surface area contributed by atoms with Crippen LogP contribution in [-0.2, 0) is 19.4 Å². The number of aryl methyl sites for hydroxylation is 1. The third-order valence-electron chi connectivity index (χ3n) is 2.47. The smallest absolute Gasteiger partial charge is 0.347 e. The molecule has 0 fully saturated rings. The normalized spacial score (nSPS) is 12.8. The van der Waals surface area contributed by atoms with Gasteiger partial charge in [0, 0.05) is 6.26 Å². The molecule has 0 aliphatic heterocycles. The van der Waals surface area contributed by atoms with Crippen molar-refractivity contribution in [1.29, 1.82) is 0 Å². The lowest BCUT2D eigenvalue weighted by Gasteiger charge is -2.16. The second kappa shape index (κ2) is 6.06. The van der Waals surface area contributed by atoms with E-state index in [9.17, 15) is 13.2 Å². The first-order valence-corrected chi connectivity index (χ1v) is 7.79. The van der Waals surface area contributed by atoms with Gasteiger partial charge in [0.2, 0.25) is 0 Å². The quantitative estimate of drug-likeness (QED) is 0.771. The van der Waals surface area contributed by atoms with Gasteiger partial charge in [-0.05, 0) is 32.4 Å². The van der Waals surface area contributed by atoms with Crippen LogP contribution < -0.4 is 4.74 Å². The van der Waals surface area contributed by atoms with Gasteiger partial charge in [0.15, 0.2) is 15.9 Å². The van der Waals surface area contributed by atoms with Crippen LogP contribution in [0, 0.1) is 6.92 Å². The van der Waals surface area contributed by atoms with E-state index in [-0.39, 0.29) is 17.3 Å². The predicted molar refractivity (Wildman–Crippen MR) is 71.0 cm³/mol. The molecule has 0 N–H and O–H groups in total. The Labute approximate surface area is 113 Å². The molecule has 1 aromatic carbocycles. The first kappa shape index (κ1) is 15.5. The largest absolute Gasteiger partial charge is 0.478 e. The Morgan fingerprint density at radius 2 is 2.00 bits per heavy atom. The van der Waals surface area contributed by atoms with Crippen molar-refractivity contribution in [2.24, 2.45) is 0 Å². The Kier molecular flexibility index (Phi) is 4.94. The molecule has 0 aromatic heterocycles. The van der Waals surface area contributed by atoms with Crippen molar-refractivity contribution >= 4 is 15.8 Å². The topological polar surface area (TPSA) is 69.7 Å². The van der Waals surface area contributed by atoms with Gasteiger partial charge < -0.3 is 9.47 Å². The average molecular weight is 286 g/mol. The summed E-state index contributed by atoms with van der Waals surface area (Å²) in [6.07, 6.45) is 0.249. The van der Waals surface area contributed by atoms with Gasteiger partial charge in [-0.2, -0.15) is 0 Å². The number of hydrogen-bond donors (Lipinski definition) is 0. The van der Waals surface area contributed by atoms with E-state index in [1.807, 2.05) is 0 Å². The molecule has 1 aromatic rings. The van der Waals surface area contributed by atoms with Gasteiger partial charge in [-0.15, -0.1) is 0 Å². The zero-order valence-corrected chi connectivity index (χ0v) is 12.3. The molecule has 0 saturated carbocycles. The summed E-state index contributed by atoms with van der Waals surface area (Å²) >= 11 is 0. The third kappa shape index (κ3) is 3.96. The van der Waals surface area contributed by atoms with Crippen LogP contribution in [0.25, 0.3) is 0 Å². The molecule has 0 heterocycles. The summed E-state index contributed by atoms with van der Waals surface area (Å²) in [4.78, 5) is 11.6. The second-order valence-electron chi connectivity index (χ2n) is 4.19. The van der Waals surface area contributed by atoms with Gasteiger partial charge in [-0.1, -0.05) is 12.1 Å². The Morgan fingerprint density at radius 3 is 2.53 bits per heavy atom. The fraction of sp³-hybridized carbons (Fsp3) is 0.462. The van der Waals surface area contributed by atoms with Crippen LogP contribution in [0.3, 0.4) is 0 Å².